The number of carbonyl (C=O) groups excluding carboxylic acids is 1. The van der Waals surface area contributed by atoms with Crippen LogP contribution in [-0.4, -0.2) is 26.0 Å². The Morgan fingerprint density at radius 3 is 2.53 bits per heavy atom. The number of esters is 1. The Labute approximate surface area is 86.4 Å². The average Bonchev–Trinajstić information content (AvgIpc) is 2.14. The second kappa shape index (κ2) is 3.87. The average molecular weight is 231 g/mol. The lowest BCUT2D eigenvalue weighted by molar-refractivity contribution is 0.0596. The van der Waals surface area contributed by atoms with Gasteiger partial charge in [-0.25, -0.2) is 4.79 Å². The molecule has 0 saturated carbocycles. The Morgan fingerprint density at radius 2 is 2.07 bits per heavy atom. The second-order valence-corrected chi connectivity index (χ2v) is 4.11. The van der Waals surface area contributed by atoms with Crippen molar-refractivity contribution in [2.45, 2.75) is 4.90 Å². The quantitative estimate of drug-likeness (QED) is 0.430. The molecule has 0 spiro atoms. The number of benzene rings is 1. The molecule has 3 N–H and O–H groups in total. The molecule has 6 nitrogen and oxygen atoms in total. The van der Waals surface area contributed by atoms with Crippen LogP contribution in [0.5, 0.6) is 0 Å². The van der Waals surface area contributed by atoms with Crippen LogP contribution < -0.4 is 5.73 Å². The van der Waals surface area contributed by atoms with Gasteiger partial charge in [0.1, 0.15) is 4.90 Å². The number of hydrogen-bond donors (Lipinski definition) is 2. The van der Waals surface area contributed by atoms with Gasteiger partial charge in [0.05, 0.1) is 12.7 Å². The zero-order chi connectivity index (χ0) is 11.6. The largest absolute Gasteiger partial charge is 0.465 e. The van der Waals surface area contributed by atoms with E-state index < -0.39 is 21.0 Å². The molecule has 0 bridgehead atoms. The van der Waals surface area contributed by atoms with E-state index in [9.17, 15) is 13.2 Å². The molecule has 7 heteroatoms. The molecule has 0 aliphatic heterocycles. The highest BCUT2D eigenvalue weighted by atomic mass is 32.2. The molecule has 0 amide bonds. The Bertz CT molecular complexity index is 494. The van der Waals surface area contributed by atoms with E-state index in [-0.39, 0.29) is 11.3 Å². The van der Waals surface area contributed by atoms with Gasteiger partial charge in [-0.15, -0.1) is 0 Å². The maximum Gasteiger partial charge on any atom is 0.339 e. The fraction of sp³-hybridized carbons (Fsp3) is 0.125. The van der Waals surface area contributed by atoms with Crippen LogP contribution in [0.3, 0.4) is 0 Å². The molecule has 1 rings (SSSR count). The van der Waals surface area contributed by atoms with Gasteiger partial charge in [-0.1, -0.05) is 0 Å². The maximum absolute atomic E-state index is 11.2. The minimum atomic E-state index is -4.46. The second-order valence-electron chi connectivity index (χ2n) is 2.72. The van der Waals surface area contributed by atoms with Crippen molar-refractivity contribution in [3.63, 3.8) is 0 Å². The normalized spacial score (nSPS) is 11.1. The standard InChI is InChI=1S/C8H9NO5S/c1-14-8(10)6-4-5(9)2-3-7(6)15(11,12)13/h2-4H,9H2,1H3,(H,11,12,13). The molecule has 0 heterocycles. The van der Waals surface area contributed by atoms with E-state index in [1.807, 2.05) is 0 Å². The summed E-state index contributed by atoms with van der Waals surface area (Å²) >= 11 is 0. The summed E-state index contributed by atoms with van der Waals surface area (Å²) < 4.78 is 35.0. The van der Waals surface area contributed by atoms with Crippen molar-refractivity contribution in [3.8, 4) is 0 Å². The van der Waals surface area contributed by atoms with Crippen LogP contribution in [0, 0.1) is 0 Å². The third kappa shape index (κ3) is 2.45. The fourth-order valence-electron chi connectivity index (χ4n) is 1.04. The van der Waals surface area contributed by atoms with Crippen LogP contribution >= 0.6 is 0 Å². The lowest BCUT2D eigenvalue weighted by atomic mass is 10.2. The fourth-order valence-corrected chi connectivity index (χ4v) is 1.70. The van der Waals surface area contributed by atoms with Crippen LogP contribution in [-0.2, 0) is 14.9 Å². The summed E-state index contributed by atoms with van der Waals surface area (Å²) in [6.45, 7) is 0. The van der Waals surface area contributed by atoms with Gasteiger partial charge in [-0.2, -0.15) is 8.42 Å². The number of anilines is 1. The van der Waals surface area contributed by atoms with Gasteiger partial charge in [0.15, 0.2) is 0 Å². The lowest BCUT2D eigenvalue weighted by Gasteiger charge is -2.05. The van der Waals surface area contributed by atoms with E-state index in [1.165, 1.54) is 6.07 Å². The summed E-state index contributed by atoms with van der Waals surface area (Å²) in [7, 11) is -3.37. The SMILES string of the molecule is COC(=O)c1cc(N)ccc1S(=O)(=O)O. The molecule has 82 valence electrons. The molecule has 1 aromatic carbocycles. The van der Waals surface area contributed by atoms with Gasteiger partial charge < -0.3 is 10.5 Å². The van der Waals surface area contributed by atoms with Crippen LogP contribution in [0.2, 0.25) is 0 Å². The van der Waals surface area contributed by atoms with Crippen LogP contribution in [0.25, 0.3) is 0 Å². The molecule has 1 aromatic rings. The molecule has 0 atom stereocenters. The Balaban J connectivity index is 3.47. The van der Waals surface area contributed by atoms with Crippen molar-refractivity contribution in [1.29, 1.82) is 0 Å². The van der Waals surface area contributed by atoms with Gasteiger partial charge >= 0.3 is 5.97 Å². The topological polar surface area (TPSA) is 107 Å². The number of rotatable bonds is 2. The van der Waals surface area contributed by atoms with Gasteiger partial charge in [-0.05, 0) is 18.2 Å². The first-order valence-corrected chi connectivity index (χ1v) is 5.25. The molecule has 0 aliphatic rings. The minimum absolute atomic E-state index is 0.197. The predicted molar refractivity (Wildman–Crippen MR) is 52.0 cm³/mol. The van der Waals surface area contributed by atoms with E-state index in [1.54, 1.807) is 0 Å². The van der Waals surface area contributed by atoms with Gasteiger partial charge in [0.2, 0.25) is 0 Å². The van der Waals surface area contributed by atoms with Crippen LogP contribution in [0.4, 0.5) is 5.69 Å². The van der Waals surface area contributed by atoms with Crippen molar-refractivity contribution in [2.75, 3.05) is 12.8 Å². The summed E-state index contributed by atoms with van der Waals surface area (Å²) in [6, 6.07) is 3.42. The van der Waals surface area contributed by atoms with Gasteiger partial charge in [-0.3, -0.25) is 4.55 Å². The van der Waals surface area contributed by atoms with Gasteiger partial charge in [0, 0.05) is 5.69 Å². The van der Waals surface area contributed by atoms with Crippen molar-refractivity contribution in [3.05, 3.63) is 23.8 Å². The first kappa shape index (κ1) is 11.5. The van der Waals surface area contributed by atoms with Crippen molar-refractivity contribution in [1.82, 2.24) is 0 Å². The van der Waals surface area contributed by atoms with Crippen LogP contribution in [0.1, 0.15) is 10.4 Å². The van der Waals surface area contributed by atoms with Crippen molar-refractivity contribution < 1.29 is 22.5 Å². The zero-order valence-corrected chi connectivity index (χ0v) is 8.61. The molecular weight excluding hydrogens is 222 g/mol. The van der Waals surface area contributed by atoms with Crippen molar-refractivity contribution in [2.24, 2.45) is 0 Å². The van der Waals surface area contributed by atoms with E-state index in [2.05, 4.69) is 4.74 Å². The first-order valence-electron chi connectivity index (χ1n) is 3.81. The number of methoxy groups -OCH3 is 1. The highest BCUT2D eigenvalue weighted by Crippen LogP contribution is 2.19. The number of ether oxygens (including phenoxy) is 1. The van der Waals surface area contributed by atoms with E-state index in [0.717, 1.165) is 19.2 Å². The molecule has 15 heavy (non-hydrogen) atoms. The molecular formula is C8H9NO5S. The highest BCUT2D eigenvalue weighted by molar-refractivity contribution is 7.86. The zero-order valence-electron chi connectivity index (χ0n) is 7.80. The van der Waals surface area contributed by atoms with Crippen molar-refractivity contribution >= 4 is 21.8 Å². The van der Waals surface area contributed by atoms with E-state index >= 15 is 0 Å². The number of hydrogen-bond acceptors (Lipinski definition) is 5. The Hall–Kier alpha value is -1.60. The first-order chi connectivity index (χ1) is 6.86. The smallest absolute Gasteiger partial charge is 0.339 e. The Morgan fingerprint density at radius 1 is 1.47 bits per heavy atom. The van der Waals surface area contributed by atoms with Gasteiger partial charge in [0.25, 0.3) is 10.1 Å². The summed E-state index contributed by atoms with van der Waals surface area (Å²) in [5.41, 5.74) is 5.28. The lowest BCUT2D eigenvalue weighted by Crippen LogP contribution is -2.10. The third-order valence-electron chi connectivity index (χ3n) is 1.69. The number of nitrogen functional groups attached to an aromatic ring is 1. The molecule has 0 saturated heterocycles. The summed E-state index contributed by atoms with van der Waals surface area (Å²) in [4.78, 5) is 10.7. The summed E-state index contributed by atoms with van der Waals surface area (Å²) in [6.07, 6.45) is 0. The monoisotopic (exact) mass is 231 g/mol. The summed E-state index contributed by atoms with van der Waals surface area (Å²) in [5.74, 6) is -0.880. The van der Waals surface area contributed by atoms with E-state index in [4.69, 9.17) is 10.3 Å². The molecule has 0 fully saturated rings. The molecule has 0 unspecified atom stereocenters. The molecule has 0 aliphatic carbocycles. The van der Waals surface area contributed by atoms with E-state index in [0.29, 0.717) is 0 Å². The Kier molecular flexibility index (Phi) is 2.96. The number of nitrogens with two attached hydrogens (primary N) is 1. The third-order valence-corrected chi connectivity index (χ3v) is 2.60. The highest BCUT2D eigenvalue weighted by Gasteiger charge is 2.20. The molecule has 0 radical (unpaired) electrons. The number of carbonyl (C=O) groups is 1. The predicted octanol–water partition coefficient (Wildman–Crippen LogP) is 0.302. The molecule has 0 aromatic heterocycles. The maximum atomic E-state index is 11.2. The van der Waals surface area contributed by atoms with Crippen LogP contribution in [0.15, 0.2) is 23.1 Å². The minimum Gasteiger partial charge on any atom is -0.465 e. The summed E-state index contributed by atoms with van der Waals surface area (Å²) in [5, 5.41) is 0.